The smallest absolute Gasteiger partial charge is 0.329 e. The van der Waals surface area contributed by atoms with E-state index in [0.29, 0.717) is 5.56 Å². The van der Waals surface area contributed by atoms with E-state index in [2.05, 4.69) is 21.4 Å². The van der Waals surface area contributed by atoms with Gasteiger partial charge in [-0.2, -0.15) is 0 Å². The fourth-order valence-corrected chi connectivity index (χ4v) is 3.19. The Labute approximate surface area is 152 Å². The predicted molar refractivity (Wildman–Crippen MR) is 93.7 cm³/mol. The second kappa shape index (κ2) is 7.06. The number of carbonyl (C=O) groups is 3. The molecule has 25 heavy (non-hydrogen) atoms. The molecule has 2 unspecified atom stereocenters. The molecule has 2 aromatic carbocycles. The number of hydrogen-bond donors (Lipinski definition) is 2. The number of carboxylic acids is 1. The summed E-state index contributed by atoms with van der Waals surface area (Å²) in [5.74, 6) is -2.63. The molecule has 2 aromatic rings. The van der Waals surface area contributed by atoms with Crippen LogP contribution in [0.4, 0.5) is 0 Å². The van der Waals surface area contributed by atoms with Crippen molar-refractivity contribution in [3.63, 3.8) is 0 Å². The SMILES string of the molecule is O=C(NN1C(=O)CC(c2ccccc2)C1C(=O)O)c1ccc(Br)cc1. The molecular formula is C18H15BrN2O4. The average Bonchev–Trinajstić information content (AvgIpc) is 2.93. The molecule has 1 fully saturated rings. The van der Waals surface area contributed by atoms with Gasteiger partial charge in [-0.15, -0.1) is 0 Å². The summed E-state index contributed by atoms with van der Waals surface area (Å²) in [4.78, 5) is 36.4. The van der Waals surface area contributed by atoms with E-state index in [1.165, 1.54) is 0 Å². The van der Waals surface area contributed by atoms with Gasteiger partial charge in [0, 0.05) is 22.4 Å². The normalized spacial score (nSPS) is 19.7. The first kappa shape index (κ1) is 17.2. The molecule has 1 aliphatic rings. The lowest BCUT2D eigenvalue weighted by Crippen LogP contribution is -2.51. The summed E-state index contributed by atoms with van der Waals surface area (Å²) in [7, 11) is 0. The number of nitrogens with one attached hydrogen (secondary N) is 1. The molecule has 2 amide bonds. The third-order valence-corrected chi connectivity index (χ3v) is 4.66. The monoisotopic (exact) mass is 402 g/mol. The molecule has 0 saturated carbocycles. The number of hydrazine groups is 1. The van der Waals surface area contributed by atoms with Gasteiger partial charge >= 0.3 is 5.97 Å². The Bertz CT molecular complexity index is 808. The Morgan fingerprint density at radius 2 is 1.72 bits per heavy atom. The zero-order valence-electron chi connectivity index (χ0n) is 13.1. The van der Waals surface area contributed by atoms with Crippen LogP contribution in [0, 0.1) is 0 Å². The minimum Gasteiger partial charge on any atom is -0.480 e. The number of benzene rings is 2. The Kier molecular flexibility index (Phi) is 4.85. The van der Waals surface area contributed by atoms with E-state index in [-0.39, 0.29) is 6.42 Å². The summed E-state index contributed by atoms with van der Waals surface area (Å²) in [6, 6.07) is 14.4. The Morgan fingerprint density at radius 3 is 2.32 bits per heavy atom. The third-order valence-electron chi connectivity index (χ3n) is 4.13. The summed E-state index contributed by atoms with van der Waals surface area (Å²) in [5.41, 5.74) is 3.53. The standard InChI is InChI=1S/C18H15BrN2O4/c19-13-8-6-12(7-9-13)17(23)20-21-15(22)10-14(16(21)18(24)25)11-4-2-1-3-5-11/h1-9,14,16H,10H2,(H,20,23)(H,24,25). The molecule has 1 aliphatic heterocycles. The first-order chi connectivity index (χ1) is 12.0. The maximum atomic E-state index is 12.4. The van der Waals surface area contributed by atoms with Crippen LogP contribution in [-0.4, -0.2) is 33.9 Å². The van der Waals surface area contributed by atoms with Crippen LogP contribution >= 0.6 is 15.9 Å². The van der Waals surface area contributed by atoms with Gasteiger partial charge < -0.3 is 5.11 Å². The number of nitrogens with zero attached hydrogens (tertiary/aromatic N) is 1. The first-order valence-corrected chi connectivity index (χ1v) is 8.43. The minimum atomic E-state index is -1.16. The van der Waals surface area contributed by atoms with E-state index in [4.69, 9.17) is 0 Å². The first-order valence-electron chi connectivity index (χ1n) is 7.63. The Balaban J connectivity index is 1.84. The molecule has 0 spiro atoms. The van der Waals surface area contributed by atoms with Crippen LogP contribution in [0.5, 0.6) is 0 Å². The number of rotatable bonds is 4. The van der Waals surface area contributed by atoms with Crippen molar-refractivity contribution >= 4 is 33.7 Å². The molecule has 6 nitrogen and oxygen atoms in total. The highest BCUT2D eigenvalue weighted by molar-refractivity contribution is 9.10. The summed E-state index contributed by atoms with van der Waals surface area (Å²) < 4.78 is 0.814. The lowest BCUT2D eigenvalue weighted by Gasteiger charge is -2.25. The highest BCUT2D eigenvalue weighted by Crippen LogP contribution is 2.33. The van der Waals surface area contributed by atoms with Gasteiger partial charge in [0.15, 0.2) is 6.04 Å². The van der Waals surface area contributed by atoms with Crippen LogP contribution in [0.2, 0.25) is 0 Å². The molecule has 0 aromatic heterocycles. The van der Waals surface area contributed by atoms with Crippen molar-refractivity contribution < 1.29 is 19.5 Å². The Morgan fingerprint density at radius 1 is 1.08 bits per heavy atom. The van der Waals surface area contributed by atoms with E-state index < -0.39 is 29.7 Å². The minimum absolute atomic E-state index is 0.0294. The number of carbonyl (C=O) groups excluding carboxylic acids is 2. The van der Waals surface area contributed by atoms with Crippen LogP contribution < -0.4 is 5.43 Å². The van der Waals surface area contributed by atoms with Gasteiger partial charge in [-0.1, -0.05) is 46.3 Å². The van der Waals surface area contributed by atoms with Crippen molar-refractivity contribution in [1.29, 1.82) is 0 Å². The molecule has 0 radical (unpaired) electrons. The summed E-state index contributed by atoms with van der Waals surface area (Å²) in [6.45, 7) is 0. The number of carboxylic acid groups (broad SMARTS) is 1. The largest absolute Gasteiger partial charge is 0.480 e. The summed E-state index contributed by atoms with van der Waals surface area (Å²) in [6.07, 6.45) is 0.0294. The van der Waals surface area contributed by atoms with Gasteiger partial charge in [0.1, 0.15) is 0 Å². The topological polar surface area (TPSA) is 86.7 Å². The Hall–Kier alpha value is -2.67. The molecule has 2 N–H and O–H groups in total. The third kappa shape index (κ3) is 3.56. The molecule has 1 saturated heterocycles. The maximum Gasteiger partial charge on any atom is 0.329 e. The van der Waals surface area contributed by atoms with Crippen LogP contribution in [0.3, 0.4) is 0 Å². The van der Waals surface area contributed by atoms with Crippen molar-refractivity contribution in [3.05, 3.63) is 70.2 Å². The molecule has 3 rings (SSSR count). The van der Waals surface area contributed by atoms with Crippen LogP contribution in [-0.2, 0) is 9.59 Å². The highest BCUT2D eigenvalue weighted by Gasteiger charge is 2.46. The fraction of sp³-hybridized carbons (Fsp3) is 0.167. The maximum absolute atomic E-state index is 12.4. The molecular weight excluding hydrogens is 388 g/mol. The lowest BCUT2D eigenvalue weighted by atomic mass is 9.92. The second-order valence-corrected chi connectivity index (χ2v) is 6.63. The molecule has 128 valence electrons. The van der Waals surface area contributed by atoms with E-state index in [1.807, 2.05) is 6.07 Å². The molecule has 2 atom stereocenters. The van der Waals surface area contributed by atoms with Gasteiger partial charge in [-0.3, -0.25) is 15.0 Å². The molecule has 0 bridgehead atoms. The van der Waals surface area contributed by atoms with Gasteiger partial charge in [-0.05, 0) is 29.8 Å². The molecule has 0 aliphatic carbocycles. The highest BCUT2D eigenvalue weighted by atomic mass is 79.9. The quantitative estimate of drug-likeness (QED) is 0.822. The van der Waals surface area contributed by atoms with Crippen LogP contribution in [0.1, 0.15) is 28.3 Å². The fourth-order valence-electron chi connectivity index (χ4n) is 2.92. The molecule has 1 heterocycles. The van der Waals surface area contributed by atoms with E-state index in [1.54, 1.807) is 48.5 Å². The number of aliphatic carboxylic acids is 1. The van der Waals surface area contributed by atoms with E-state index in [0.717, 1.165) is 15.0 Å². The second-order valence-electron chi connectivity index (χ2n) is 5.72. The zero-order chi connectivity index (χ0) is 18.0. The van der Waals surface area contributed by atoms with Crippen LogP contribution in [0.15, 0.2) is 59.1 Å². The van der Waals surface area contributed by atoms with E-state index >= 15 is 0 Å². The molecule has 7 heteroatoms. The van der Waals surface area contributed by atoms with Crippen LogP contribution in [0.25, 0.3) is 0 Å². The predicted octanol–water partition coefficient (Wildman–Crippen LogP) is 2.56. The summed E-state index contributed by atoms with van der Waals surface area (Å²) in [5, 5.41) is 10.5. The van der Waals surface area contributed by atoms with E-state index in [9.17, 15) is 19.5 Å². The van der Waals surface area contributed by atoms with Gasteiger partial charge in [-0.25, -0.2) is 9.80 Å². The number of halogens is 1. The van der Waals surface area contributed by atoms with Gasteiger partial charge in [0.05, 0.1) is 0 Å². The van der Waals surface area contributed by atoms with Crippen molar-refractivity contribution in [3.8, 4) is 0 Å². The average molecular weight is 403 g/mol. The van der Waals surface area contributed by atoms with Crippen molar-refractivity contribution in [1.82, 2.24) is 10.4 Å². The van der Waals surface area contributed by atoms with Gasteiger partial charge in [0.25, 0.3) is 5.91 Å². The van der Waals surface area contributed by atoms with Crippen molar-refractivity contribution in [2.24, 2.45) is 0 Å². The van der Waals surface area contributed by atoms with Crippen molar-refractivity contribution in [2.45, 2.75) is 18.4 Å². The number of amides is 2. The summed E-state index contributed by atoms with van der Waals surface area (Å²) >= 11 is 3.28. The number of hydrogen-bond acceptors (Lipinski definition) is 3. The zero-order valence-corrected chi connectivity index (χ0v) is 14.6. The lowest BCUT2D eigenvalue weighted by molar-refractivity contribution is -0.148. The van der Waals surface area contributed by atoms with Gasteiger partial charge in [0.2, 0.25) is 5.91 Å². The van der Waals surface area contributed by atoms with Crippen molar-refractivity contribution in [2.75, 3.05) is 0 Å².